The SMILES string of the molecule is Cc1cccc(CC(C)(C)C)c1NC(=O)C(=O)[C@@H](C(=O)c1ccc2ccccc2c1)[C@H]1OC(=O)c2ccccc21. The van der Waals surface area contributed by atoms with Crippen molar-refractivity contribution < 1.29 is 23.9 Å². The van der Waals surface area contributed by atoms with Gasteiger partial charge in [-0.05, 0) is 52.8 Å². The van der Waals surface area contributed by atoms with Gasteiger partial charge in [0.15, 0.2) is 5.78 Å². The summed E-state index contributed by atoms with van der Waals surface area (Å²) in [5.41, 5.74) is 3.14. The maximum Gasteiger partial charge on any atom is 0.339 e. The van der Waals surface area contributed by atoms with Gasteiger partial charge >= 0.3 is 5.97 Å². The van der Waals surface area contributed by atoms with Crippen LogP contribution in [0.1, 0.15) is 64.3 Å². The first-order valence-corrected chi connectivity index (χ1v) is 13.3. The van der Waals surface area contributed by atoms with E-state index < -0.39 is 35.5 Å². The molecule has 1 aliphatic heterocycles. The third-order valence-electron chi connectivity index (χ3n) is 7.17. The Kier molecular flexibility index (Phi) is 7.11. The third-order valence-corrected chi connectivity index (χ3v) is 7.17. The molecular weight excluding hydrogens is 502 g/mol. The van der Waals surface area contributed by atoms with E-state index in [-0.39, 0.29) is 16.5 Å². The summed E-state index contributed by atoms with van der Waals surface area (Å²) in [6.45, 7) is 8.14. The van der Waals surface area contributed by atoms with Gasteiger partial charge in [0.1, 0.15) is 12.0 Å². The number of Topliss-reactive ketones (excluding diaryl/α,β-unsaturated/α-hetero) is 2. The number of hydrogen-bond donors (Lipinski definition) is 1. The van der Waals surface area contributed by atoms with Crippen molar-refractivity contribution in [3.05, 3.63) is 113 Å². The number of rotatable bonds is 7. The highest BCUT2D eigenvalue weighted by molar-refractivity contribution is 6.45. The predicted octanol–water partition coefficient (Wildman–Crippen LogP) is 6.66. The van der Waals surface area contributed by atoms with Crippen molar-refractivity contribution >= 4 is 39.9 Å². The van der Waals surface area contributed by atoms with Gasteiger partial charge in [-0.1, -0.05) is 93.6 Å². The summed E-state index contributed by atoms with van der Waals surface area (Å²) in [7, 11) is 0. The number of cyclic esters (lactones) is 1. The molecule has 2 atom stereocenters. The summed E-state index contributed by atoms with van der Waals surface area (Å²) in [6, 6.07) is 25.0. The number of anilines is 1. The number of benzene rings is 4. The number of amides is 1. The second-order valence-corrected chi connectivity index (χ2v) is 11.5. The highest BCUT2D eigenvalue weighted by Gasteiger charge is 2.46. The van der Waals surface area contributed by atoms with E-state index >= 15 is 0 Å². The van der Waals surface area contributed by atoms with Crippen LogP contribution in [0.15, 0.2) is 84.9 Å². The molecule has 1 aliphatic rings. The van der Waals surface area contributed by atoms with Gasteiger partial charge in [0.2, 0.25) is 5.78 Å². The molecule has 40 heavy (non-hydrogen) atoms. The van der Waals surface area contributed by atoms with E-state index in [1.54, 1.807) is 42.5 Å². The van der Waals surface area contributed by atoms with Gasteiger partial charge < -0.3 is 10.1 Å². The van der Waals surface area contributed by atoms with Crippen molar-refractivity contribution in [2.45, 2.75) is 40.2 Å². The lowest BCUT2D eigenvalue weighted by atomic mass is 9.84. The maximum absolute atomic E-state index is 14.0. The average Bonchev–Trinajstić information content (AvgIpc) is 3.25. The van der Waals surface area contributed by atoms with Gasteiger partial charge in [-0.3, -0.25) is 14.4 Å². The largest absolute Gasteiger partial charge is 0.453 e. The van der Waals surface area contributed by atoms with Gasteiger partial charge in [-0.25, -0.2) is 4.79 Å². The molecule has 0 aromatic heterocycles. The number of hydrogen-bond acceptors (Lipinski definition) is 5. The molecule has 5 rings (SSSR count). The molecule has 0 aliphatic carbocycles. The molecule has 6 nitrogen and oxygen atoms in total. The van der Waals surface area contributed by atoms with Gasteiger partial charge in [0.25, 0.3) is 5.91 Å². The number of ketones is 2. The minimum atomic E-state index is -1.55. The fourth-order valence-electron chi connectivity index (χ4n) is 5.28. The van der Waals surface area contributed by atoms with Crippen LogP contribution in [0.2, 0.25) is 0 Å². The third kappa shape index (κ3) is 5.30. The summed E-state index contributed by atoms with van der Waals surface area (Å²) in [6.07, 6.45) is -0.544. The van der Waals surface area contributed by atoms with Gasteiger partial charge in [-0.15, -0.1) is 0 Å². The van der Waals surface area contributed by atoms with Gasteiger partial charge in [0, 0.05) is 16.8 Å². The number of carbonyl (C=O) groups excluding carboxylic acids is 4. The van der Waals surface area contributed by atoms with Crippen molar-refractivity contribution in [1.82, 2.24) is 0 Å². The number of fused-ring (bicyclic) bond motifs is 2. The van der Waals surface area contributed by atoms with Crippen LogP contribution in [-0.2, 0) is 20.7 Å². The lowest BCUT2D eigenvalue weighted by molar-refractivity contribution is -0.138. The molecule has 0 bridgehead atoms. The van der Waals surface area contributed by atoms with Crippen LogP contribution in [0.4, 0.5) is 5.69 Å². The van der Waals surface area contributed by atoms with Gasteiger partial charge in [-0.2, -0.15) is 0 Å². The Bertz CT molecular complexity index is 1660. The quantitative estimate of drug-likeness (QED) is 0.124. The van der Waals surface area contributed by atoms with Crippen LogP contribution in [0, 0.1) is 18.3 Å². The molecule has 6 heteroatoms. The van der Waals surface area contributed by atoms with Crippen molar-refractivity contribution in [3.8, 4) is 0 Å². The van der Waals surface area contributed by atoms with Crippen LogP contribution >= 0.6 is 0 Å². The number of carbonyl (C=O) groups is 4. The summed E-state index contributed by atoms with van der Waals surface area (Å²) >= 11 is 0. The van der Waals surface area contributed by atoms with Crippen LogP contribution in [0.3, 0.4) is 0 Å². The van der Waals surface area contributed by atoms with Crippen LogP contribution < -0.4 is 5.32 Å². The molecule has 1 N–H and O–H groups in total. The van der Waals surface area contributed by atoms with E-state index in [0.29, 0.717) is 17.7 Å². The molecule has 0 fully saturated rings. The molecular formula is C34H31NO5. The Labute approximate surface area is 233 Å². The number of nitrogens with one attached hydrogen (secondary N) is 1. The van der Waals surface area contributed by atoms with Crippen LogP contribution in [-0.4, -0.2) is 23.4 Å². The average molecular weight is 534 g/mol. The zero-order valence-corrected chi connectivity index (χ0v) is 23.0. The highest BCUT2D eigenvalue weighted by atomic mass is 16.5. The molecule has 0 spiro atoms. The Hall–Kier alpha value is -4.58. The van der Waals surface area contributed by atoms with E-state index in [1.165, 1.54) is 0 Å². The molecule has 4 aromatic carbocycles. The zero-order valence-electron chi connectivity index (χ0n) is 23.0. The Balaban J connectivity index is 1.54. The molecule has 1 amide bonds. The Morgan fingerprint density at radius 2 is 1.57 bits per heavy atom. The molecule has 0 radical (unpaired) electrons. The second-order valence-electron chi connectivity index (χ2n) is 11.5. The van der Waals surface area contributed by atoms with E-state index in [0.717, 1.165) is 21.9 Å². The minimum Gasteiger partial charge on any atom is -0.453 e. The zero-order chi connectivity index (χ0) is 28.6. The summed E-state index contributed by atoms with van der Waals surface area (Å²) in [5, 5.41) is 4.55. The Morgan fingerprint density at radius 1 is 0.875 bits per heavy atom. The minimum absolute atomic E-state index is 0.0619. The Morgan fingerprint density at radius 3 is 2.33 bits per heavy atom. The monoisotopic (exact) mass is 533 g/mol. The van der Waals surface area contributed by atoms with E-state index in [9.17, 15) is 19.2 Å². The summed E-state index contributed by atoms with van der Waals surface area (Å²) < 4.78 is 5.60. The molecule has 202 valence electrons. The van der Waals surface area contributed by atoms with Crippen molar-refractivity contribution in [2.75, 3.05) is 5.32 Å². The number of aryl methyl sites for hydroxylation is 1. The molecule has 1 heterocycles. The predicted molar refractivity (Wildman–Crippen MR) is 154 cm³/mol. The molecule has 0 unspecified atom stereocenters. The van der Waals surface area contributed by atoms with Crippen LogP contribution in [0.5, 0.6) is 0 Å². The smallest absolute Gasteiger partial charge is 0.339 e. The molecule has 0 saturated heterocycles. The van der Waals surface area contributed by atoms with E-state index in [4.69, 9.17) is 4.74 Å². The first-order chi connectivity index (χ1) is 19.0. The topological polar surface area (TPSA) is 89.5 Å². The second kappa shape index (κ2) is 10.5. The normalized spacial score (nSPS) is 15.3. The fraction of sp³-hybridized carbons (Fsp3) is 0.235. The van der Waals surface area contributed by atoms with Gasteiger partial charge in [0.05, 0.1) is 5.56 Å². The standard InChI is InChI=1S/C34H31NO5/c1-20-10-9-13-24(19-34(2,3)4)28(20)35-32(38)30(37)27(31-25-14-7-8-15-26(25)33(39)40-31)29(36)23-17-16-21-11-5-6-12-22(21)18-23/h5-18,27,31H,19H2,1-4H3,(H,35,38)/t27-,31+/m1/s1. The van der Waals surface area contributed by atoms with Crippen molar-refractivity contribution in [2.24, 2.45) is 11.3 Å². The molecule has 0 saturated carbocycles. The molecule has 4 aromatic rings. The lowest BCUT2D eigenvalue weighted by Gasteiger charge is -2.23. The number of para-hydroxylation sites is 1. The number of esters is 1. The van der Waals surface area contributed by atoms with Crippen molar-refractivity contribution in [1.29, 1.82) is 0 Å². The van der Waals surface area contributed by atoms with E-state index in [1.807, 2.05) is 49.4 Å². The number of ether oxygens (including phenoxy) is 1. The maximum atomic E-state index is 14.0. The van der Waals surface area contributed by atoms with E-state index in [2.05, 4.69) is 26.1 Å². The summed E-state index contributed by atoms with van der Waals surface area (Å²) in [4.78, 5) is 54.2. The highest BCUT2D eigenvalue weighted by Crippen LogP contribution is 2.39. The van der Waals surface area contributed by atoms with Crippen molar-refractivity contribution in [3.63, 3.8) is 0 Å². The first kappa shape index (κ1) is 27.0. The first-order valence-electron chi connectivity index (χ1n) is 13.3. The fourth-order valence-corrected chi connectivity index (χ4v) is 5.28. The summed E-state index contributed by atoms with van der Waals surface area (Å²) in [5.74, 6) is -4.65. The lowest BCUT2D eigenvalue weighted by Crippen LogP contribution is -2.38. The van der Waals surface area contributed by atoms with Crippen LogP contribution in [0.25, 0.3) is 10.8 Å².